The van der Waals surface area contributed by atoms with Crippen molar-refractivity contribution in [2.45, 2.75) is 31.7 Å². The molecule has 3 rings (SSSR count). The number of benzene rings is 1. The Balaban J connectivity index is 1.58. The topological polar surface area (TPSA) is 66.9 Å². The fourth-order valence-corrected chi connectivity index (χ4v) is 3.03. The van der Waals surface area contributed by atoms with Gasteiger partial charge < -0.3 is 9.74 Å². The Bertz CT molecular complexity index is 593. The summed E-state index contributed by atoms with van der Waals surface area (Å²) >= 11 is 0. The summed E-state index contributed by atoms with van der Waals surface area (Å²) in [5.41, 5.74) is 0.548. The minimum atomic E-state index is -0.577. The average molecular weight is 302 g/mol. The third kappa shape index (κ3) is 2.62. The van der Waals surface area contributed by atoms with Crippen molar-refractivity contribution in [1.82, 2.24) is 9.96 Å². The third-order valence-electron chi connectivity index (χ3n) is 4.30. The van der Waals surface area contributed by atoms with Gasteiger partial charge in [-0.3, -0.25) is 9.59 Å². The molecule has 2 aliphatic rings. The highest BCUT2D eigenvalue weighted by atomic mass is 16.7. The monoisotopic (exact) mass is 302 g/mol. The molecule has 1 atom stereocenters. The van der Waals surface area contributed by atoms with Crippen LogP contribution in [0.2, 0.25) is 0 Å². The van der Waals surface area contributed by atoms with E-state index in [1.807, 2.05) is 7.05 Å². The van der Waals surface area contributed by atoms with Gasteiger partial charge in [-0.15, -0.1) is 0 Å². The summed E-state index contributed by atoms with van der Waals surface area (Å²) in [6.45, 7) is 1.04. The van der Waals surface area contributed by atoms with E-state index in [0.717, 1.165) is 19.4 Å². The third-order valence-corrected chi connectivity index (χ3v) is 4.30. The minimum Gasteiger partial charge on any atom is -0.330 e. The van der Waals surface area contributed by atoms with Gasteiger partial charge in [0.2, 0.25) is 0 Å². The number of nitrogens with zero attached hydrogens (tertiary/aromatic N) is 2. The molecular weight excluding hydrogens is 284 g/mol. The molecule has 0 N–H and O–H groups in total. The molecule has 0 spiro atoms. The molecule has 6 heteroatoms. The van der Waals surface area contributed by atoms with Gasteiger partial charge in [-0.2, -0.15) is 0 Å². The zero-order valence-corrected chi connectivity index (χ0v) is 12.4. The van der Waals surface area contributed by atoms with Gasteiger partial charge in [0.05, 0.1) is 11.1 Å². The van der Waals surface area contributed by atoms with Crippen molar-refractivity contribution >= 4 is 17.8 Å². The van der Waals surface area contributed by atoms with E-state index >= 15 is 0 Å². The highest BCUT2D eigenvalue weighted by Gasteiger charge is 2.38. The molecule has 0 radical (unpaired) electrons. The fourth-order valence-electron chi connectivity index (χ4n) is 3.03. The summed E-state index contributed by atoms with van der Waals surface area (Å²) in [6, 6.07) is 6.82. The first kappa shape index (κ1) is 14.7. The molecular formula is C16H18N2O4. The van der Waals surface area contributed by atoms with Gasteiger partial charge in [-0.1, -0.05) is 17.2 Å². The van der Waals surface area contributed by atoms with Crippen molar-refractivity contribution in [1.29, 1.82) is 0 Å². The first-order chi connectivity index (χ1) is 10.6. The maximum Gasteiger partial charge on any atom is 0.333 e. The van der Waals surface area contributed by atoms with E-state index in [0.29, 0.717) is 17.5 Å². The number of fused-ring (bicyclic) bond motifs is 1. The second-order valence-electron chi connectivity index (χ2n) is 5.73. The molecule has 1 fully saturated rings. The maximum atomic E-state index is 12.1. The summed E-state index contributed by atoms with van der Waals surface area (Å²) in [4.78, 5) is 43.3. The van der Waals surface area contributed by atoms with Crippen molar-refractivity contribution in [3.05, 3.63) is 35.4 Å². The predicted molar refractivity (Wildman–Crippen MR) is 77.9 cm³/mol. The molecule has 0 bridgehead atoms. The first-order valence-electron chi connectivity index (χ1n) is 7.47. The van der Waals surface area contributed by atoms with Crippen molar-refractivity contribution in [3.8, 4) is 0 Å². The van der Waals surface area contributed by atoms with E-state index in [-0.39, 0.29) is 17.5 Å². The molecule has 0 saturated carbocycles. The SMILES string of the molecule is CN1CCCC1CCC(=O)ON1C(=O)c2ccccc2C1=O. The standard InChI is InChI=1S/C16H18N2O4/c1-17-10-4-5-11(17)8-9-14(19)22-18-15(20)12-6-2-3-7-13(12)16(18)21/h2-3,6-7,11H,4-5,8-10H2,1H3. The minimum absolute atomic E-state index is 0.197. The van der Waals surface area contributed by atoms with Gasteiger partial charge in [0.1, 0.15) is 0 Å². The number of hydroxylamine groups is 2. The van der Waals surface area contributed by atoms with Crippen LogP contribution in [0.5, 0.6) is 0 Å². The molecule has 2 amide bonds. The molecule has 22 heavy (non-hydrogen) atoms. The highest BCUT2D eigenvalue weighted by Crippen LogP contribution is 2.24. The number of likely N-dealkylation sites (tertiary alicyclic amines) is 1. The van der Waals surface area contributed by atoms with Crippen molar-refractivity contribution in [3.63, 3.8) is 0 Å². The van der Waals surface area contributed by atoms with Crippen molar-refractivity contribution in [2.24, 2.45) is 0 Å². The van der Waals surface area contributed by atoms with Crippen molar-refractivity contribution in [2.75, 3.05) is 13.6 Å². The Kier molecular flexibility index (Phi) is 3.94. The molecule has 1 aromatic carbocycles. The lowest BCUT2D eigenvalue weighted by Gasteiger charge is -2.19. The van der Waals surface area contributed by atoms with E-state index in [9.17, 15) is 14.4 Å². The number of rotatable bonds is 4. The maximum absolute atomic E-state index is 12.1. The molecule has 116 valence electrons. The Morgan fingerprint density at radius 1 is 1.23 bits per heavy atom. The van der Waals surface area contributed by atoms with Crippen LogP contribution in [0.15, 0.2) is 24.3 Å². The van der Waals surface area contributed by atoms with Crippen LogP contribution in [0.4, 0.5) is 0 Å². The molecule has 0 aliphatic carbocycles. The van der Waals surface area contributed by atoms with E-state index in [2.05, 4.69) is 4.90 Å². The van der Waals surface area contributed by atoms with Gasteiger partial charge in [-0.25, -0.2) is 4.79 Å². The zero-order valence-electron chi connectivity index (χ0n) is 12.4. The van der Waals surface area contributed by atoms with Crippen LogP contribution in [-0.2, 0) is 9.63 Å². The average Bonchev–Trinajstić information content (AvgIpc) is 3.03. The number of hydrogen-bond donors (Lipinski definition) is 0. The second-order valence-corrected chi connectivity index (χ2v) is 5.73. The van der Waals surface area contributed by atoms with Crippen LogP contribution in [0.25, 0.3) is 0 Å². The van der Waals surface area contributed by atoms with E-state index in [1.54, 1.807) is 24.3 Å². The van der Waals surface area contributed by atoms with Crippen LogP contribution in [-0.4, -0.2) is 47.4 Å². The van der Waals surface area contributed by atoms with Crippen LogP contribution in [0, 0.1) is 0 Å². The summed E-state index contributed by atoms with van der Waals surface area (Å²) < 4.78 is 0. The normalized spacial score (nSPS) is 21.3. The smallest absolute Gasteiger partial charge is 0.330 e. The van der Waals surface area contributed by atoms with E-state index in [4.69, 9.17) is 4.84 Å². The molecule has 2 aliphatic heterocycles. The van der Waals surface area contributed by atoms with Gasteiger partial charge in [0.25, 0.3) is 11.8 Å². The van der Waals surface area contributed by atoms with Crippen LogP contribution < -0.4 is 0 Å². The van der Waals surface area contributed by atoms with Gasteiger partial charge in [0.15, 0.2) is 0 Å². The molecule has 0 aromatic heterocycles. The number of imide groups is 1. The van der Waals surface area contributed by atoms with E-state index in [1.165, 1.54) is 0 Å². The Morgan fingerprint density at radius 3 is 2.41 bits per heavy atom. The molecule has 1 aromatic rings. The number of amides is 2. The largest absolute Gasteiger partial charge is 0.333 e. The second kappa shape index (κ2) is 5.88. The Morgan fingerprint density at radius 2 is 1.86 bits per heavy atom. The van der Waals surface area contributed by atoms with Gasteiger partial charge in [-0.05, 0) is 45.0 Å². The summed E-state index contributed by atoms with van der Waals surface area (Å²) in [5.74, 6) is -1.70. The Labute approximate surface area is 128 Å². The zero-order chi connectivity index (χ0) is 15.7. The van der Waals surface area contributed by atoms with Crippen LogP contribution in [0.1, 0.15) is 46.4 Å². The molecule has 1 saturated heterocycles. The predicted octanol–water partition coefficient (Wildman–Crippen LogP) is 1.62. The highest BCUT2D eigenvalue weighted by molar-refractivity contribution is 6.20. The number of carbonyl (C=O) groups excluding carboxylic acids is 3. The van der Waals surface area contributed by atoms with Gasteiger partial charge in [0, 0.05) is 12.5 Å². The lowest BCUT2D eigenvalue weighted by atomic mass is 10.1. The lowest BCUT2D eigenvalue weighted by molar-refractivity contribution is -0.168. The molecule has 6 nitrogen and oxygen atoms in total. The summed E-state index contributed by atoms with van der Waals surface area (Å²) in [7, 11) is 2.03. The summed E-state index contributed by atoms with van der Waals surface area (Å²) in [6.07, 6.45) is 3.08. The first-order valence-corrected chi connectivity index (χ1v) is 7.47. The van der Waals surface area contributed by atoms with E-state index < -0.39 is 17.8 Å². The molecule has 1 unspecified atom stereocenters. The van der Waals surface area contributed by atoms with Crippen LogP contribution >= 0.6 is 0 Å². The number of carbonyl (C=O) groups is 3. The van der Waals surface area contributed by atoms with Gasteiger partial charge >= 0.3 is 5.97 Å². The number of hydrogen-bond acceptors (Lipinski definition) is 5. The lowest BCUT2D eigenvalue weighted by Crippen LogP contribution is -2.33. The summed E-state index contributed by atoms with van der Waals surface area (Å²) in [5, 5.41) is 0.575. The Hall–Kier alpha value is -2.21. The quantitative estimate of drug-likeness (QED) is 0.791. The van der Waals surface area contributed by atoms with Crippen molar-refractivity contribution < 1.29 is 19.2 Å². The fraction of sp³-hybridized carbons (Fsp3) is 0.438. The molecule has 2 heterocycles. The van der Waals surface area contributed by atoms with Crippen LogP contribution in [0.3, 0.4) is 0 Å².